The van der Waals surface area contributed by atoms with Crippen molar-refractivity contribution in [1.82, 2.24) is 0 Å². The topological polar surface area (TPSA) is 26.3 Å². The van der Waals surface area contributed by atoms with Crippen molar-refractivity contribution in [3.05, 3.63) is 24.0 Å². The Kier molecular flexibility index (Phi) is 4.34. The lowest BCUT2D eigenvalue weighted by Gasteiger charge is -2.06. The molecule has 0 unspecified atom stereocenters. The van der Waals surface area contributed by atoms with Crippen LogP contribution in [0.15, 0.2) is 24.0 Å². The Balaban J connectivity index is 4.49. The van der Waals surface area contributed by atoms with Crippen LogP contribution in [0.25, 0.3) is 0 Å². The summed E-state index contributed by atoms with van der Waals surface area (Å²) in [5, 5.41) is 0. The van der Waals surface area contributed by atoms with Crippen LogP contribution in [0.1, 0.15) is 20.8 Å². The first kappa shape index (κ1) is 11.0. The zero-order valence-corrected chi connectivity index (χ0v) is 8.18. The molecule has 0 bridgehead atoms. The monoisotopic (exact) mass is 168 g/mol. The van der Waals surface area contributed by atoms with Gasteiger partial charge < -0.3 is 4.74 Å². The van der Waals surface area contributed by atoms with E-state index in [0.29, 0.717) is 11.7 Å². The normalized spacial score (nSPS) is 11.6. The number of hydrogen-bond acceptors (Lipinski definition) is 2. The van der Waals surface area contributed by atoms with Gasteiger partial charge in [-0.25, -0.2) is 0 Å². The Hall–Kier alpha value is -1.05. The Morgan fingerprint density at radius 2 is 2.00 bits per heavy atom. The number of hydrogen-bond donors (Lipinski definition) is 0. The number of ketones is 1. The van der Waals surface area contributed by atoms with E-state index < -0.39 is 0 Å². The van der Waals surface area contributed by atoms with Crippen LogP contribution in [0.5, 0.6) is 0 Å². The molecule has 0 aromatic rings. The second-order valence-corrected chi connectivity index (χ2v) is 3.00. The lowest BCUT2D eigenvalue weighted by Crippen LogP contribution is -2.00. The summed E-state index contributed by atoms with van der Waals surface area (Å²) in [4.78, 5) is 10.9. The molecule has 0 aromatic heterocycles. The summed E-state index contributed by atoms with van der Waals surface area (Å²) < 4.78 is 4.88. The van der Waals surface area contributed by atoms with Crippen molar-refractivity contribution in [2.45, 2.75) is 20.8 Å². The van der Waals surface area contributed by atoms with Crippen LogP contribution in [-0.4, -0.2) is 12.9 Å². The van der Waals surface area contributed by atoms with E-state index in [2.05, 4.69) is 6.58 Å². The molecule has 0 aliphatic rings. The molecule has 0 aliphatic heterocycles. The van der Waals surface area contributed by atoms with Gasteiger partial charge in [-0.2, -0.15) is 0 Å². The predicted octanol–water partition coefficient (Wildman–Crippen LogP) is 2.32. The van der Waals surface area contributed by atoms with Crippen molar-refractivity contribution in [2.75, 3.05) is 7.11 Å². The highest BCUT2D eigenvalue weighted by atomic mass is 16.5. The summed E-state index contributed by atoms with van der Waals surface area (Å²) in [6, 6.07) is 0. The molecule has 0 spiro atoms. The van der Waals surface area contributed by atoms with Crippen LogP contribution in [0, 0.1) is 5.92 Å². The largest absolute Gasteiger partial charge is 0.493 e. The molecule has 0 atom stereocenters. The summed E-state index contributed by atoms with van der Waals surface area (Å²) >= 11 is 0. The van der Waals surface area contributed by atoms with Crippen molar-refractivity contribution in [3.63, 3.8) is 0 Å². The van der Waals surface area contributed by atoms with Crippen LogP contribution >= 0.6 is 0 Å². The number of allylic oxidation sites excluding steroid dienone is 3. The van der Waals surface area contributed by atoms with Gasteiger partial charge >= 0.3 is 0 Å². The molecule has 0 fully saturated rings. The Labute approximate surface area is 73.9 Å². The maximum absolute atomic E-state index is 10.9. The third-order valence-corrected chi connectivity index (χ3v) is 1.62. The van der Waals surface area contributed by atoms with Gasteiger partial charge in [-0.3, -0.25) is 4.79 Å². The first-order chi connectivity index (χ1) is 5.49. The lowest BCUT2D eigenvalue weighted by atomic mass is 10.0. The van der Waals surface area contributed by atoms with Crippen molar-refractivity contribution < 1.29 is 9.53 Å². The van der Waals surface area contributed by atoms with E-state index in [9.17, 15) is 4.79 Å². The zero-order valence-electron chi connectivity index (χ0n) is 8.18. The fourth-order valence-electron chi connectivity index (χ4n) is 0.639. The van der Waals surface area contributed by atoms with Crippen LogP contribution in [0.3, 0.4) is 0 Å². The molecule has 12 heavy (non-hydrogen) atoms. The first-order valence-corrected chi connectivity index (χ1v) is 3.94. The fourth-order valence-corrected chi connectivity index (χ4v) is 0.639. The van der Waals surface area contributed by atoms with E-state index >= 15 is 0 Å². The minimum Gasteiger partial charge on any atom is -0.493 e. The SMILES string of the molecule is C=C(/C=C(\OC)C(C)=O)C(C)C. The maximum atomic E-state index is 10.9. The summed E-state index contributed by atoms with van der Waals surface area (Å²) in [6.45, 7) is 9.33. The molecular weight excluding hydrogens is 152 g/mol. The third-order valence-electron chi connectivity index (χ3n) is 1.62. The molecule has 68 valence electrons. The van der Waals surface area contributed by atoms with Gasteiger partial charge in [-0.05, 0) is 17.6 Å². The Bertz CT molecular complexity index is 212. The second-order valence-electron chi connectivity index (χ2n) is 3.00. The molecule has 0 saturated carbocycles. The van der Waals surface area contributed by atoms with E-state index in [1.165, 1.54) is 14.0 Å². The van der Waals surface area contributed by atoms with Gasteiger partial charge in [0, 0.05) is 6.92 Å². The zero-order chi connectivity index (χ0) is 9.72. The van der Waals surface area contributed by atoms with Crippen molar-refractivity contribution >= 4 is 5.78 Å². The van der Waals surface area contributed by atoms with Gasteiger partial charge in [0.2, 0.25) is 0 Å². The Morgan fingerprint density at radius 1 is 1.50 bits per heavy atom. The number of ether oxygens (including phenoxy) is 1. The molecule has 2 heteroatoms. The molecule has 2 nitrogen and oxygen atoms in total. The maximum Gasteiger partial charge on any atom is 0.194 e. The highest BCUT2D eigenvalue weighted by molar-refractivity contribution is 5.91. The summed E-state index contributed by atoms with van der Waals surface area (Å²) in [7, 11) is 1.49. The smallest absolute Gasteiger partial charge is 0.194 e. The van der Waals surface area contributed by atoms with Crippen molar-refractivity contribution in [1.29, 1.82) is 0 Å². The number of methoxy groups -OCH3 is 1. The molecule has 0 saturated heterocycles. The van der Waals surface area contributed by atoms with Crippen LogP contribution in [-0.2, 0) is 9.53 Å². The third kappa shape index (κ3) is 3.37. The molecule has 0 radical (unpaired) electrons. The molecule has 0 aromatic carbocycles. The molecule has 0 amide bonds. The van der Waals surface area contributed by atoms with Crippen LogP contribution in [0.4, 0.5) is 0 Å². The highest BCUT2D eigenvalue weighted by Gasteiger charge is 2.04. The average molecular weight is 168 g/mol. The number of carbonyl (C=O) groups is 1. The van der Waals surface area contributed by atoms with Crippen molar-refractivity contribution in [2.24, 2.45) is 5.92 Å². The van der Waals surface area contributed by atoms with Crippen LogP contribution < -0.4 is 0 Å². The average Bonchev–Trinajstić information content (AvgIpc) is 1.98. The minimum absolute atomic E-state index is 0.0701. The van der Waals surface area contributed by atoms with Gasteiger partial charge in [0.15, 0.2) is 11.5 Å². The standard InChI is InChI=1S/C10H16O2/c1-7(2)8(3)6-10(12-5)9(4)11/h6-7H,3H2,1-2,4-5H3/b10-6-. The molecule has 0 N–H and O–H groups in total. The number of Topliss-reactive ketones (excluding diaryl/α,β-unsaturated/α-hetero) is 1. The van der Waals surface area contributed by atoms with Gasteiger partial charge in [0.25, 0.3) is 0 Å². The van der Waals surface area contributed by atoms with Crippen molar-refractivity contribution in [3.8, 4) is 0 Å². The number of carbonyl (C=O) groups excluding carboxylic acids is 1. The fraction of sp³-hybridized carbons (Fsp3) is 0.500. The van der Waals surface area contributed by atoms with Gasteiger partial charge in [-0.1, -0.05) is 20.4 Å². The highest BCUT2D eigenvalue weighted by Crippen LogP contribution is 2.11. The van der Waals surface area contributed by atoms with Gasteiger partial charge in [-0.15, -0.1) is 0 Å². The molecular formula is C10H16O2. The first-order valence-electron chi connectivity index (χ1n) is 3.94. The van der Waals surface area contributed by atoms with E-state index in [4.69, 9.17) is 4.74 Å². The molecule has 0 rings (SSSR count). The van der Waals surface area contributed by atoms with E-state index in [0.717, 1.165) is 5.57 Å². The quantitative estimate of drug-likeness (QED) is 0.366. The number of rotatable bonds is 4. The summed E-state index contributed by atoms with van der Waals surface area (Å²) in [5.74, 6) is 0.641. The minimum atomic E-state index is -0.0701. The van der Waals surface area contributed by atoms with Gasteiger partial charge in [0.05, 0.1) is 7.11 Å². The predicted molar refractivity (Wildman–Crippen MR) is 49.8 cm³/mol. The van der Waals surface area contributed by atoms with E-state index in [1.54, 1.807) is 6.08 Å². The molecule has 0 heterocycles. The second kappa shape index (κ2) is 4.75. The lowest BCUT2D eigenvalue weighted by molar-refractivity contribution is -0.116. The van der Waals surface area contributed by atoms with Crippen LogP contribution in [0.2, 0.25) is 0 Å². The molecule has 0 aliphatic carbocycles. The van der Waals surface area contributed by atoms with E-state index in [-0.39, 0.29) is 5.78 Å². The van der Waals surface area contributed by atoms with E-state index in [1.807, 2.05) is 13.8 Å². The summed E-state index contributed by atoms with van der Waals surface area (Å²) in [6.07, 6.45) is 1.69. The Morgan fingerprint density at radius 3 is 2.25 bits per heavy atom. The van der Waals surface area contributed by atoms with Gasteiger partial charge in [0.1, 0.15) is 0 Å². The summed E-state index contributed by atoms with van der Waals surface area (Å²) in [5.41, 5.74) is 0.905.